The molecule has 1 aromatic carbocycles. The predicted molar refractivity (Wildman–Crippen MR) is 321 cm³/mol. The molecule has 4 aromatic rings. The number of nitriles is 1. The molecule has 1 aliphatic carbocycles. The minimum atomic E-state index is 0. The molecule has 336 valence electrons. The number of benzene rings is 1. The highest BCUT2D eigenvalue weighted by molar-refractivity contribution is 7.59. The van der Waals surface area contributed by atoms with Crippen molar-refractivity contribution in [2.75, 3.05) is 0 Å². The van der Waals surface area contributed by atoms with Crippen LogP contribution in [-0.4, -0.2) is 25.4 Å². The molecular weight excluding hydrogens is 356 g/mol. The van der Waals surface area contributed by atoms with Crippen molar-refractivity contribution in [3.05, 3.63) is 40.8 Å². The zero-order valence-corrected chi connectivity index (χ0v) is 16.2. The first-order valence-electron chi connectivity index (χ1n) is 8.86. The maximum absolute atomic E-state index is 9.48. The minimum absolute atomic E-state index is 0. The fourth-order valence-corrected chi connectivity index (χ4v) is 4.22. The zero-order chi connectivity index (χ0) is 17.8. The van der Waals surface area contributed by atoms with Gasteiger partial charge in [-0.25, -0.2) is 4.98 Å². The number of nitrogens with one attached hydrogen (secondary N) is 2. The van der Waals surface area contributed by atoms with Crippen LogP contribution in [0.4, 0.5) is 0 Å². The minimum Gasteiger partial charge on any atom is -0.282 e. The molecule has 6 nitrogen and oxygen atoms in total. The summed E-state index contributed by atoms with van der Waals surface area (Å²) in [4.78, 5) is 5.02. The van der Waals surface area contributed by atoms with Gasteiger partial charge in [0.2, 0.25) is 0 Å². The lowest BCUT2D eigenvalue weighted by Crippen LogP contribution is -2.15. The van der Waals surface area contributed by atoms with E-state index in [1.54, 1.807) is 0 Å². The van der Waals surface area contributed by atoms with Crippen molar-refractivity contribution in [1.82, 2.24) is 25.4 Å². The molecule has 27 heavy (non-hydrogen) atoms. The molecule has 5 rings (SSSR count). The van der Waals surface area contributed by atoms with E-state index in [2.05, 4.69) is 33.4 Å². The van der Waals surface area contributed by atoms with Crippen LogP contribution in [0.1, 0.15) is 172 Å². The van der Waals surface area contributed by atoms with Crippen LogP contribution in [0.3, 0.4) is 0 Å². The zero-order valence-electron chi connectivity index (χ0n) is 15.2. The monoisotopic (exact) mass is 578 g/mol. The number of hydrogen-bond donors (Lipinski definition) is 2. The summed E-state index contributed by atoms with van der Waals surface area (Å²) in [5.74, 6) is 0.0392. The second-order valence-electron chi connectivity index (χ2n) is 7.10. The number of pyridine rings is 1. The molecule has 0 bridgehead atoms. The standard InChI is InChI=1S/C20H18N6.H2S.100H2/c1-10-15(9-22-24-10)20-14-7-12(8-21)3-4-13(14)19-16(23-20)5-6-17-18(19)11(2)25-26-17;;;;;;;;;;;;;;;;;;;;;;;;;;;;;;;;;;;;;;;;;;;;;;;;;;;;;;;;;;;;;;;;;;;;;;;;;;;;;;;;;;;;;;;;;;;;;;;;;;;;;/h5-6,9,12H,3-4,7H2,1-2H3,(H,22,24)(H,25,26);1H2;100*1H. The number of aromatic nitrogens is 5. The number of H-pyrrole nitrogens is 2. The molecule has 3 heterocycles. The Bertz CT molecular complexity index is 1310. The van der Waals surface area contributed by atoms with Gasteiger partial charge in [-0.2, -0.15) is 29.0 Å². The Kier molecular flexibility index (Phi) is 4.16. The van der Waals surface area contributed by atoms with Crippen molar-refractivity contribution in [2.24, 2.45) is 5.92 Å². The maximum atomic E-state index is 9.48. The highest BCUT2D eigenvalue weighted by Crippen LogP contribution is 2.40. The van der Waals surface area contributed by atoms with E-state index in [1.807, 2.05) is 25.3 Å². The number of fused-ring (bicyclic) bond motifs is 5. The predicted octanol–water partition coefficient (Wildman–Crippen LogP) is 28.5. The summed E-state index contributed by atoms with van der Waals surface area (Å²) in [7, 11) is 0. The van der Waals surface area contributed by atoms with Crippen LogP contribution in [-0.2, 0) is 12.8 Å². The lowest BCUT2D eigenvalue weighted by atomic mass is 9.80. The third-order valence-corrected chi connectivity index (χ3v) is 5.53. The van der Waals surface area contributed by atoms with E-state index in [1.165, 1.54) is 16.5 Å². The molecular formula is C20H220N6S. The fraction of sp³-hybridized carbons (Fsp3) is 0.300. The van der Waals surface area contributed by atoms with Gasteiger partial charge in [0.05, 0.1) is 34.9 Å². The van der Waals surface area contributed by atoms with E-state index in [0.29, 0.717) is 0 Å². The summed E-state index contributed by atoms with van der Waals surface area (Å²) >= 11 is 0. The third kappa shape index (κ3) is 2.52. The summed E-state index contributed by atoms with van der Waals surface area (Å²) in [5.41, 5.74) is 8.48. The largest absolute Gasteiger partial charge is 0.282 e. The van der Waals surface area contributed by atoms with Gasteiger partial charge in [0.1, 0.15) is 0 Å². The number of aryl methyl sites for hydroxylation is 3. The van der Waals surface area contributed by atoms with E-state index in [4.69, 9.17) is 4.98 Å². The molecule has 2 N–H and O–H groups in total. The highest BCUT2D eigenvalue weighted by atomic mass is 32.1. The first kappa shape index (κ1) is 17.6. The van der Waals surface area contributed by atoms with Gasteiger partial charge in [-0.05, 0) is 56.4 Å². The third-order valence-electron chi connectivity index (χ3n) is 5.53. The molecule has 1 unspecified atom stereocenters. The molecule has 0 radical (unpaired) electrons. The van der Waals surface area contributed by atoms with Gasteiger partial charge < -0.3 is 0 Å². The van der Waals surface area contributed by atoms with Gasteiger partial charge in [-0.15, -0.1) is 0 Å². The molecule has 1 atom stereocenters. The highest BCUT2D eigenvalue weighted by Gasteiger charge is 2.27. The average Bonchev–Trinajstić information content (AvgIpc) is 3.26. The molecule has 3 aromatic heterocycles. The van der Waals surface area contributed by atoms with Crippen molar-refractivity contribution in [1.29, 1.82) is 5.26 Å². The van der Waals surface area contributed by atoms with Gasteiger partial charge in [0, 0.05) is 170 Å². The Labute approximate surface area is 311 Å². The normalized spacial score (nSPS) is 16.1. The smallest absolute Gasteiger partial charge is 0.0931 e. The molecule has 1 aliphatic rings. The fourth-order valence-electron chi connectivity index (χ4n) is 4.22. The van der Waals surface area contributed by atoms with Crippen LogP contribution in [0.25, 0.3) is 33.1 Å². The molecule has 0 spiro atoms. The van der Waals surface area contributed by atoms with Gasteiger partial charge in [0.15, 0.2) is 0 Å². The summed E-state index contributed by atoms with van der Waals surface area (Å²) in [6.45, 7) is 4.06. The average molecular weight is 578 g/mol. The second-order valence-corrected chi connectivity index (χ2v) is 7.10. The van der Waals surface area contributed by atoms with Gasteiger partial charge in [-0.1, -0.05) is 0 Å². The van der Waals surface area contributed by atoms with E-state index < -0.39 is 0 Å². The molecule has 0 aliphatic heterocycles. The molecule has 0 amide bonds. The lowest BCUT2D eigenvalue weighted by Gasteiger charge is -2.24. The number of hydrogen-bond acceptors (Lipinski definition) is 4. The summed E-state index contributed by atoms with van der Waals surface area (Å²) in [6.07, 6.45) is 4.35. The second kappa shape index (κ2) is 6.39. The van der Waals surface area contributed by atoms with Crippen molar-refractivity contribution >= 4 is 35.3 Å². The van der Waals surface area contributed by atoms with Crippen LogP contribution in [0.2, 0.25) is 0 Å². The summed E-state index contributed by atoms with van der Waals surface area (Å²) in [6, 6.07) is 6.52. The molecule has 0 saturated carbocycles. The Balaban J connectivity index is -0.000000000938. The van der Waals surface area contributed by atoms with Crippen molar-refractivity contribution < 1.29 is 143 Å². The molecule has 7 heteroatoms. The van der Waals surface area contributed by atoms with Crippen LogP contribution in [0, 0.1) is 31.1 Å². The van der Waals surface area contributed by atoms with Crippen LogP contribution >= 0.6 is 13.5 Å². The lowest BCUT2D eigenvalue weighted by molar-refractivity contribution is 0.567. The molecule has 0 saturated heterocycles. The summed E-state index contributed by atoms with van der Waals surface area (Å²) < 4.78 is 0. The Morgan fingerprint density at radius 3 is 2.67 bits per heavy atom. The van der Waals surface area contributed by atoms with Crippen molar-refractivity contribution in [3.63, 3.8) is 0 Å². The number of aromatic amines is 2. The van der Waals surface area contributed by atoms with Crippen LogP contribution in [0.15, 0.2) is 18.3 Å². The maximum Gasteiger partial charge on any atom is 0.0931 e. The van der Waals surface area contributed by atoms with Gasteiger partial charge >= 0.3 is 0 Å². The van der Waals surface area contributed by atoms with Crippen molar-refractivity contribution in [3.8, 4) is 17.3 Å². The number of rotatable bonds is 1. The molecule has 0 fully saturated rings. The first-order chi connectivity index (χ1) is 12.7. The van der Waals surface area contributed by atoms with E-state index in [0.717, 1.165) is 58.3 Å². The summed E-state index contributed by atoms with van der Waals surface area (Å²) in [5, 5.41) is 26.5. The van der Waals surface area contributed by atoms with E-state index in [9.17, 15) is 5.26 Å². The van der Waals surface area contributed by atoms with Crippen LogP contribution in [0.5, 0.6) is 0 Å². The van der Waals surface area contributed by atoms with Crippen LogP contribution < -0.4 is 0 Å². The topological polar surface area (TPSA) is 94.0 Å². The van der Waals surface area contributed by atoms with E-state index >= 15 is 0 Å². The SMILES string of the molecule is Cc1[nH]ncc1-c1nc2ccc3n[nH]c(C)c3c2c2c1CC(C#N)CC2.S.[HH].[HH].[HH].[HH].[HH].[HH].[HH].[HH].[HH].[HH].[HH].[HH].[HH].[HH].[HH].[HH].[HH].[HH].[HH].[HH].[HH].[HH].[HH].[HH].[HH].[HH].[HH].[HH].[HH].[HH].[HH].[HH].[HH].[HH].[HH].[HH].[HH].[HH].[HH].[HH].[HH].[HH].[HH].[HH].[HH].[HH].[HH].[HH].[HH].[HH].[HH].[HH].[HH].[HH].[HH].[HH].[HH].[HH].[HH].[HH].[HH].[HH].[HH].[HH].[HH].[HH].[HH].[HH].[HH].[HH].[HH].[HH].[HH].[HH].[HH].[HH].[HH].[HH].[HH].[HH].[HH].[HH].[HH].[HH].[HH].[HH].[HH].[HH].[HH].[HH].[HH].[HH].[HH].[HH].[HH].[HH].[HH].[HH].[HH].[HH]. The Morgan fingerprint density at radius 1 is 1.11 bits per heavy atom. The first-order valence-corrected chi connectivity index (χ1v) is 8.86. The Morgan fingerprint density at radius 2 is 1.93 bits per heavy atom. The Hall–Kier alpha value is -2.85. The van der Waals surface area contributed by atoms with E-state index in [-0.39, 0.29) is 162 Å². The van der Waals surface area contributed by atoms with Gasteiger partial charge in [-0.3, -0.25) is 10.2 Å². The van der Waals surface area contributed by atoms with Crippen molar-refractivity contribution in [2.45, 2.75) is 33.1 Å². The number of nitrogens with zero attached hydrogens (tertiary/aromatic N) is 4. The quantitative estimate of drug-likeness (QED) is 0.235. The van der Waals surface area contributed by atoms with Gasteiger partial charge in [0.25, 0.3) is 0 Å².